The van der Waals surface area contributed by atoms with E-state index >= 15 is 0 Å². The summed E-state index contributed by atoms with van der Waals surface area (Å²) in [5.41, 5.74) is 0. The summed E-state index contributed by atoms with van der Waals surface area (Å²) in [6.07, 6.45) is 2.30. The molecule has 0 saturated heterocycles. The van der Waals surface area contributed by atoms with Crippen LogP contribution in [0.4, 0.5) is 0 Å². The molecule has 84 valence electrons. The van der Waals surface area contributed by atoms with E-state index in [-0.39, 0.29) is 18.4 Å². The quantitative estimate of drug-likeness (QED) is 0.671. The third-order valence-electron chi connectivity index (χ3n) is 2.39. The molecule has 14 heavy (non-hydrogen) atoms. The second-order valence-corrected chi connectivity index (χ2v) is 4.47. The third-order valence-corrected chi connectivity index (χ3v) is 2.74. The largest absolute Gasteiger partial charge is 0.481 e. The van der Waals surface area contributed by atoms with Crippen molar-refractivity contribution in [1.29, 1.82) is 0 Å². The molecule has 0 radical (unpaired) electrons. The van der Waals surface area contributed by atoms with Crippen LogP contribution in [0.2, 0.25) is 0 Å². The minimum absolute atomic E-state index is 0.219. The van der Waals surface area contributed by atoms with Crippen LogP contribution in [0.15, 0.2) is 0 Å². The van der Waals surface area contributed by atoms with Crippen LogP contribution < -0.4 is 0 Å². The molecular formula is C10H21O3P. The maximum absolute atomic E-state index is 10.4. The van der Waals surface area contributed by atoms with Crippen molar-refractivity contribution in [3.8, 4) is 0 Å². The molecule has 4 heteroatoms. The SMILES string of the molecule is CC(CCC(OP)C(C)C)CC(=O)O. The van der Waals surface area contributed by atoms with Gasteiger partial charge in [0, 0.05) is 15.9 Å². The third kappa shape index (κ3) is 6.33. The number of hydrogen-bond acceptors (Lipinski definition) is 2. The number of rotatable bonds is 7. The predicted octanol–water partition coefficient (Wildman–Crippen LogP) is 2.71. The van der Waals surface area contributed by atoms with E-state index in [4.69, 9.17) is 9.63 Å². The van der Waals surface area contributed by atoms with Gasteiger partial charge in [-0.1, -0.05) is 20.8 Å². The Morgan fingerprint density at radius 3 is 2.29 bits per heavy atom. The van der Waals surface area contributed by atoms with Crippen molar-refractivity contribution in [2.75, 3.05) is 0 Å². The zero-order valence-electron chi connectivity index (χ0n) is 9.19. The van der Waals surface area contributed by atoms with E-state index in [0.717, 1.165) is 12.8 Å². The van der Waals surface area contributed by atoms with Gasteiger partial charge >= 0.3 is 5.97 Å². The van der Waals surface area contributed by atoms with Gasteiger partial charge in [-0.05, 0) is 24.7 Å². The normalized spacial score (nSPS) is 15.5. The fourth-order valence-electron chi connectivity index (χ4n) is 1.41. The number of aliphatic carboxylic acids is 1. The topological polar surface area (TPSA) is 46.5 Å². The molecule has 0 aliphatic rings. The minimum atomic E-state index is -0.717. The van der Waals surface area contributed by atoms with E-state index in [1.54, 1.807) is 0 Å². The second-order valence-electron chi connectivity index (χ2n) is 4.20. The van der Waals surface area contributed by atoms with Crippen molar-refractivity contribution in [2.24, 2.45) is 11.8 Å². The lowest BCUT2D eigenvalue weighted by Crippen LogP contribution is -2.17. The predicted molar refractivity (Wildman–Crippen MR) is 60.1 cm³/mol. The first-order valence-corrected chi connectivity index (χ1v) is 5.51. The highest BCUT2D eigenvalue weighted by Gasteiger charge is 2.15. The van der Waals surface area contributed by atoms with Crippen LogP contribution in [0.5, 0.6) is 0 Å². The highest BCUT2D eigenvalue weighted by molar-refractivity contribution is 7.09. The average Bonchev–Trinajstić information content (AvgIpc) is 2.03. The van der Waals surface area contributed by atoms with E-state index in [1.807, 2.05) is 6.92 Å². The zero-order valence-corrected chi connectivity index (χ0v) is 10.3. The summed E-state index contributed by atoms with van der Waals surface area (Å²) in [4.78, 5) is 10.4. The summed E-state index contributed by atoms with van der Waals surface area (Å²) in [6.45, 7) is 6.18. The van der Waals surface area contributed by atoms with E-state index in [1.165, 1.54) is 0 Å². The standard InChI is InChI=1S/C10H21O3P/c1-7(2)9(13-14)5-4-8(3)6-10(11)12/h7-9H,4-6,14H2,1-3H3,(H,11,12). The van der Waals surface area contributed by atoms with Crippen molar-refractivity contribution in [3.63, 3.8) is 0 Å². The van der Waals surface area contributed by atoms with Gasteiger partial charge in [0.1, 0.15) is 0 Å². The molecule has 0 aliphatic heterocycles. The van der Waals surface area contributed by atoms with Gasteiger partial charge < -0.3 is 9.63 Å². The van der Waals surface area contributed by atoms with Crippen LogP contribution >= 0.6 is 9.47 Å². The van der Waals surface area contributed by atoms with Crippen LogP contribution in [0, 0.1) is 11.8 Å². The molecule has 1 N–H and O–H groups in total. The molecule has 3 unspecified atom stereocenters. The van der Waals surface area contributed by atoms with Crippen LogP contribution in [0.1, 0.15) is 40.0 Å². The molecule has 0 aromatic carbocycles. The fourth-order valence-corrected chi connectivity index (χ4v) is 1.86. The molecule has 0 spiro atoms. The van der Waals surface area contributed by atoms with Crippen molar-refractivity contribution < 1.29 is 14.4 Å². The maximum atomic E-state index is 10.4. The van der Waals surface area contributed by atoms with Gasteiger partial charge in [0.05, 0.1) is 6.10 Å². The first-order chi connectivity index (χ1) is 6.47. The maximum Gasteiger partial charge on any atom is 0.303 e. The summed E-state index contributed by atoms with van der Waals surface area (Å²) < 4.78 is 5.24. The molecule has 0 aliphatic carbocycles. The molecule has 0 rings (SSSR count). The lowest BCUT2D eigenvalue weighted by Gasteiger charge is -2.20. The van der Waals surface area contributed by atoms with E-state index in [9.17, 15) is 4.79 Å². The Labute approximate surface area is 88.5 Å². The Balaban J connectivity index is 3.73. The van der Waals surface area contributed by atoms with Gasteiger partial charge in [0.15, 0.2) is 0 Å². The first-order valence-electron chi connectivity index (χ1n) is 5.04. The number of hydrogen-bond donors (Lipinski definition) is 1. The van der Waals surface area contributed by atoms with Gasteiger partial charge in [-0.15, -0.1) is 0 Å². The Morgan fingerprint density at radius 2 is 1.93 bits per heavy atom. The summed E-state index contributed by atoms with van der Waals surface area (Å²) in [5, 5.41) is 8.58. The summed E-state index contributed by atoms with van der Waals surface area (Å²) in [6, 6.07) is 0. The van der Waals surface area contributed by atoms with Gasteiger partial charge in [0.2, 0.25) is 0 Å². The lowest BCUT2D eigenvalue weighted by molar-refractivity contribution is -0.138. The van der Waals surface area contributed by atoms with Gasteiger partial charge in [-0.2, -0.15) is 0 Å². The first kappa shape index (κ1) is 13.9. The van der Waals surface area contributed by atoms with Crippen molar-refractivity contribution >= 4 is 15.4 Å². The monoisotopic (exact) mass is 220 g/mol. The van der Waals surface area contributed by atoms with Crippen LogP contribution in [-0.2, 0) is 9.32 Å². The Kier molecular flexibility index (Phi) is 7.12. The highest BCUT2D eigenvalue weighted by Crippen LogP contribution is 2.20. The Morgan fingerprint density at radius 1 is 1.36 bits per heavy atom. The molecule has 0 aromatic heterocycles. The zero-order chi connectivity index (χ0) is 11.1. The number of carboxylic acids is 1. The Hall–Kier alpha value is -0.140. The van der Waals surface area contributed by atoms with E-state index in [2.05, 4.69) is 23.3 Å². The number of carboxylic acid groups (broad SMARTS) is 1. The van der Waals surface area contributed by atoms with Gasteiger partial charge in [-0.25, -0.2) is 0 Å². The van der Waals surface area contributed by atoms with E-state index < -0.39 is 5.97 Å². The van der Waals surface area contributed by atoms with Crippen LogP contribution in [0.25, 0.3) is 0 Å². The second kappa shape index (κ2) is 7.19. The summed E-state index contributed by atoms with van der Waals surface area (Å²) >= 11 is 0. The number of carbonyl (C=O) groups is 1. The molecular weight excluding hydrogens is 199 g/mol. The van der Waals surface area contributed by atoms with Gasteiger partial charge in [-0.3, -0.25) is 4.79 Å². The molecule has 0 heterocycles. The van der Waals surface area contributed by atoms with Crippen molar-refractivity contribution in [2.45, 2.75) is 46.1 Å². The molecule has 3 atom stereocenters. The molecule has 0 fully saturated rings. The van der Waals surface area contributed by atoms with Crippen molar-refractivity contribution in [3.05, 3.63) is 0 Å². The smallest absolute Gasteiger partial charge is 0.303 e. The molecule has 3 nitrogen and oxygen atoms in total. The fraction of sp³-hybridized carbons (Fsp3) is 0.900. The van der Waals surface area contributed by atoms with Crippen LogP contribution in [-0.4, -0.2) is 17.2 Å². The molecule has 0 aromatic rings. The molecule has 0 bridgehead atoms. The highest BCUT2D eigenvalue weighted by atomic mass is 31.0. The molecule has 0 amide bonds. The minimum Gasteiger partial charge on any atom is -0.481 e. The lowest BCUT2D eigenvalue weighted by atomic mass is 9.95. The van der Waals surface area contributed by atoms with E-state index in [0.29, 0.717) is 5.92 Å². The van der Waals surface area contributed by atoms with Crippen molar-refractivity contribution in [1.82, 2.24) is 0 Å². The summed E-state index contributed by atoms with van der Waals surface area (Å²) in [5.74, 6) is -0.0104. The summed E-state index contributed by atoms with van der Waals surface area (Å²) in [7, 11) is 2.29. The average molecular weight is 220 g/mol. The van der Waals surface area contributed by atoms with Crippen LogP contribution in [0.3, 0.4) is 0 Å². The Bertz CT molecular complexity index is 171. The molecule has 0 saturated carbocycles. The van der Waals surface area contributed by atoms with Gasteiger partial charge in [0.25, 0.3) is 0 Å².